The second kappa shape index (κ2) is 5.28. The Morgan fingerprint density at radius 3 is 2.05 bits per heavy atom. The number of rotatable bonds is 2. The highest BCUT2D eigenvalue weighted by atomic mass is 35.5. The first-order valence-electron chi connectivity index (χ1n) is 5.52. The minimum absolute atomic E-state index is 0.0493. The zero-order chi connectivity index (χ0) is 14.2. The van der Waals surface area contributed by atoms with Crippen LogP contribution in [0.3, 0.4) is 0 Å². The van der Waals surface area contributed by atoms with Crippen molar-refractivity contribution < 1.29 is 18.3 Å². The van der Waals surface area contributed by atoms with Crippen molar-refractivity contribution in [1.29, 1.82) is 0 Å². The zero-order valence-corrected chi connectivity index (χ0v) is 12.1. The van der Waals surface area contributed by atoms with Crippen LogP contribution in [0.4, 0.5) is 0 Å². The molecule has 1 heterocycles. The number of nitrogens with zero attached hydrogens (tertiary/aromatic N) is 1. The van der Waals surface area contributed by atoms with Crippen molar-refractivity contribution in [1.82, 2.24) is 4.31 Å². The highest BCUT2D eigenvalue weighted by Crippen LogP contribution is 2.35. The summed E-state index contributed by atoms with van der Waals surface area (Å²) in [4.78, 5) is 11.0. The first-order chi connectivity index (χ1) is 8.82. The lowest BCUT2D eigenvalue weighted by molar-refractivity contribution is -0.120. The number of benzene rings is 1. The number of Topliss-reactive ketones (excluding diaryl/α,β-unsaturated/α-hetero) is 1. The third kappa shape index (κ3) is 2.86. The number of piperidine rings is 1. The molecule has 2 rings (SSSR count). The molecule has 1 aromatic rings. The molecule has 0 atom stereocenters. The lowest BCUT2D eigenvalue weighted by Crippen LogP contribution is -2.38. The van der Waals surface area contributed by atoms with Crippen LogP contribution in [0.25, 0.3) is 0 Å². The maximum Gasteiger partial charge on any atom is 0.243 e. The van der Waals surface area contributed by atoms with E-state index in [1.807, 2.05) is 0 Å². The van der Waals surface area contributed by atoms with Gasteiger partial charge < -0.3 is 5.11 Å². The van der Waals surface area contributed by atoms with Crippen LogP contribution < -0.4 is 0 Å². The summed E-state index contributed by atoms with van der Waals surface area (Å²) in [5.74, 6) is -0.302. The Hall–Kier alpha value is -0.820. The molecule has 1 aliphatic heterocycles. The normalized spacial score (nSPS) is 17.7. The maximum absolute atomic E-state index is 12.3. The van der Waals surface area contributed by atoms with Crippen molar-refractivity contribution in [2.75, 3.05) is 13.1 Å². The average Bonchev–Trinajstić information content (AvgIpc) is 2.35. The minimum Gasteiger partial charge on any atom is -0.505 e. The SMILES string of the molecule is O=C1CCN(S(=O)(=O)c2cc(Cl)c(O)c(Cl)c2)CC1. The Bertz CT molecular complexity index is 597. The van der Waals surface area contributed by atoms with E-state index >= 15 is 0 Å². The monoisotopic (exact) mass is 323 g/mol. The number of hydrogen-bond donors (Lipinski definition) is 1. The molecular formula is C11H11Cl2NO4S. The van der Waals surface area contributed by atoms with Gasteiger partial charge in [0.2, 0.25) is 10.0 Å². The van der Waals surface area contributed by atoms with E-state index in [0.717, 1.165) is 12.1 Å². The van der Waals surface area contributed by atoms with Gasteiger partial charge in [0.1, 0.15) is 5.78 Å². The predicted octanol–water partition coefficient (Wildman–Crippen LogP) is 2.05. The van der Waals surface area contributed by atoms with Gasteiger partial charge in [-0.25, -0.2) is 8.42 Å². The Labute approximate surface area is 120 Å². The van der Waals surface area contributed by atoms with Crippen molar-refractivity contribution in [3.63, 3.8) is 0 Å². The molecule has 0 radical (unpaired) electrons. The van der Waals surface area contributed by atoms with Crippen molar-refractivity contribution in [3.8, 4) is 5.75 Å². The quantitative estimate of drug-likeness (QED) is 0.903. The second-order valence-corrected chi connectivity index (χ2v) is 6.93. The summed E-state index contributed by atoms with van der Waals surface area (Å²) in [7, 11) is -3.75. The number of hydrogen-bond acceptors (Lipinski definition) is 4. The zero-order valence-electron chi connectivity index (χ0n) is 9.77. The average molecular weight is 324 g/mol. The molecule has 0 amide bonds. The van der Waals surface area contributed by atoms with Crippen LogP contribution in [0.5, 0.6) is 5.75 Å². The topological polar surface area (TPSA) is 74.7 Å². The summed E-state index contributed by atoms with van der Waals surface area (Å²) in [6.07, 6.45) is 0.414. The molecule has 0 spiro atoms. The predicted molar refractivity (Wildman–Crippen MR) is 71.1 cm³/mol. The molecule has 1 N–H and O–H groups in total. The lowest BCUT2D eigenvalue weighted by atomic mass is 10.1. The van der Waals surface area contributed by atoms with Gasteiger partial charge in [-0.3, -0.25) is 4.79 Å². The van der Waals surface area contributed by atoms with Crippen molar-refractivity contribution >= 4 is 39.0 Å². The van der Waals surface area contributed by atoms with Crippen LogP contribution in [0, 0.1) is 0 Å². The first-order valence-corrected chi connectivity index (χ1v) is 7.72. The molecule has 1 fully saturated rings. The Balaban J connectivity index is 2.37. The van der Waals surface area contributed by atoms with Gasteiger partial charge >= 0.3 is 0 Å². The van der Waals surface area contributed by atoms with Crippen molar-refractivity contribution in [2.45, 2.75) is 17.7 Å². The largest absolute Gasteiger partial charge is 0.505 e. The molecule has 0 saturated carbocycles. The smallest absolute Gasteiger partial charge is 0.243 e. The van der Waals surface area contributed by atoms with Gasteiger partial charge in [0.05, 0.1) is 14.9 Å². The van der Waals surface area contributed by atoms with Gasteiger partial charge in [-0.2, -0.15) is 4.31 Å². The highest BCUT2D eigenvalue weighted by molar-refractivity contribution is 7.89. The summed E-state index contributed by atoms with van der Waals surface area (Å²) >= 11 is 11.4. The third-order valence-electron chi connectivity index (χ3n) is 2.91. The molecule has 19 heavy (non-hydrogen) atoms. The molecular weight excluding hydrogens is 313 g/mol. The van der Waals surface area contributed by atoms with Crippen LogP contribution in [0.15, 0.2) is 17.0 Å². The summed E-state index contributed by atoms with van der Waals surface area (Å²) in [6, 6.07) is 2.29. The van der Waals surface area contributed by atoms with Gasteiger partial charge in [0.25, 0.3) is 0 Å². The van der Waals surface area contributed by atoms with E-state index in [-0.39, 0.29) is 52.4 Å². The fraction of sp³-hybridized carbons (Fsp3) is 0.364. The summed E-state index contributed by atoms with van der Waals surface area (Å²) in [6.45, 7) is 0.300. The van der Waals surface area contributed by atoms with Gasteiger partial charge in [-0.15, -0.1) is 0 Å². The summed E-state index contributed by atoms with van der Waals surface area (Å²) in [5.41, 5.74) is 0. The molecule has 104 valence electrons. The first kappa shape index (κ1) is 14.6. The van der Waals surface area contributed by atoms with Crippen LogP contribution in [0.2, 0.25) is 10.0 Å². The molecule has 0 unspecified atom stereocenters. The van der Waals surface area contributed by atoms with E-state index < -0.39 is 10.0 Å². The van der Waals surface area contributed by atoms with E-state index in [9.17, 15) is 18.3 Å². The number of halogens is 2. The van der Waals surface area contributed by atoms with Gasteiger partial charge in [-0.1, -0.05) is 23.2 Å². The Morgan fingerprint density at radius 2 is 1.58 bits per heavy atom. The number of ketones is 1. The number of carbonyl (C=O) groups is 1. The maximum atomic E-state index is 12.3. The highest BCUT2D eigenvalue weighted by Gasteiger charge is 2.29. The van der Waals surface area contributed by atoms with Crippen molar-refractivity contribution in [2.24, 2.45) is 0 Å². The molecule has 5 nitrogen and oxygen atoms in total. The van der Waals surface area contributed by atoms with Crippen molar-refractivity contribution in [3.05, 3.63) is 22.2 Å². The third-order valence-corrected chi connectivity index (χ3v) is 5.36. The van der Waals surface area contributed by atoms with Crippen LogP contribution >= 0.6 is 23.2 Å². The fourth-order valence-electron chi connectivity index (χ4n) is 1.82. The lowest BCUT2D eigenvalue weighted by Gasteiger charge is -2.25. The van der Waals surface area contributed by atoms with Gasteiger partial charge in [0.15, 0.2) is 5.75 Å². The van der Waals surface area contributed by atoms with E-state index in [0.29, 0.717) is 0 Å². The van der Waals surface area contributed by atoms with Gasteiger partial charge in [0, 0.05) is 25.9 Å². The molecule has 1 aliphatic rings. The Kier molecular flexibility index (Phi) is 4.06. The van der Waals surface area contributed by atoms with Gasteiger partial charge in [-0.05, 0) is 12.1 Å². The van der Waals surface area contributed by atoms with E-state index in [2.05, 4.69) is 0 Å². The molecule has 0 aliphatic carbocycles. The summed E-state index contributed by atoms with van der Waals surface area (Å²) < 4.78 is 25.9. The number of carbonyl (C=O) groups excluding carboxylic acids is 1. The molecule has 0 bridgehead atoms. The Morgan fingerprint density at radius 1 is 1.11 bits per heavy atom. The standard InChI is InChI=1S/C11H11Cl2NO4S/c12-9-5-8(6-10(13)11(9)16)19(17,18)14-3-1-7(15)2-4-14/h5-6,16H,1-4H2. The number of phenolic OH excluding ortho intramolecular Hbond substituents is 1. The molecule has 1 aromatic carbocycles. The summed E-state index contributed by atoms with van der Waals surface area (Å²) in [5, 5.41) is 9.17. The van der Waals surface area contributed by atoms with Crippen LogP contribution in [0.1, 0.15) is 12.8 Å². The van der Waals surface area contributed by atoms with E-state index in [4.69, 9.17) is 23.2 Å². The van der Waals surface area contributed by atoms with E-state index in [1.54, 1.807) is 0 Å². The minimum atomic E-state index is -3.75. The number of phenols is 1. The number of sulfonamides is 1. The van der Waals surface area contributed by atoms with E-state index in [1.165, 1.54) is 4.31 Å². The molecule has 8 heteroatoms. The molecule has 0 aromatic heterocycles. The second-order valence-electron chi connectivity index (χ2n) is 4.18. The van der Waals surface area contributed by atoms with Crippen LogP contribution in [-0.4, -0.2) is 36.7 Å². The fourth-order valence-corrected chi connectivity index (χ4v) is 3.93. The molecule has 1 saturated heterocycles. The van der Waals surface area contributed by atoms with Crippen LogP contribution in [-0.2, 0) is 14.8 Å². The number of aromatic hydroxyl groups is 1.